The maximum absolute atomic E-state index is 13.2. The van der Waals surface area contributed by atoms with Gasteiger partial charge in [-0.2, -0.15) is 0 Å². The third-order valence-corrected chi connectivity index (χ3v) is 4.47. The minimum absolute atomic E-state index is 0.0623. The molecule has 0 bridgehead atoms. The molecule has 0 spiro atoms. The number of hydrogen-bond acceptors (Lipinski definition) is 2. The fourth-order valence-electron chi connectivity index (χ4n) is 3.00. The molecule has 2 rings (SSSR count). The zero-order chi connectivity index (χ0) is 15.6. The van der Waals surface area contributed by atoms with Crippen molar-refractivity contribution in [2.45, 2.75) is 26.8 Å². The minimum atomic E-state index is -0.880. The number of halogens is 2. The molecule has 1 aliphatic heterocycles. The Labute approximate surface area is 124 Å². The van der Waals surface area contributed by atoms with Gasteiger partial charge in [0.2, 0.25) is 5.91 Å². The summed E-state index contributed by atoms with van der Waals surface area (Å²) in [6.07, 6.45) is 0.811. The van der Waals surface area contributed by atoms with E-state index in [-0.39, 0.29) is 18.4 Å². The van der Waals surface area contributed by atoms with Crippen molar-refractivity contribution in [2.75, 3.05) is 20.1 Å². The molecule has 0 aliphatic carbocycles. The second-order valence-electron chi connectivity index (χ2n) is 6.15. The molecule has 3 nitrogen and oxygen atoms in total. The molecule has 1 amide bonds. The van der Waals surface area contributed by atoms with E-state index in [0.29, 0.717) is 12.1 Å². The molecular formula is C16H22F2N2O. The largest absolute Gasteiger partial charge is 0.341 e. The number of hydrogen-bond donors (Lipinski definition) is 1. The molecule has 0 radical (unpaired) electrons. The molecule has 21 heavy (non-hydrogen) atoms. The van der Waals surface area contributed by atoms with E-state index in [2.05, 4.69) is 19.2 Å². The van der Waals surface area contributed by atoms with Crippen LogP contribution >= 0.6 is 0 Å². The molecule has 1 aliphatic rings. The van der Waals surface area contributed by atoms with Crippen LogP contribution in [-0.2, 0) is 11.3 Å². The zero-order valence-corrected chi connectivity index (χ0v) is 12.7. The first kappa shape index (κ1) is 15.9. The lowest BCUT2D eigenvalue weighted by atomic mass is 9.75. The average molecular weight is 296 g/mol. The Morgan fingerprint density at radius 2 is 2.10 bits per heavy atom. The Kier molecular flexibility index (Phi) is 4.61. The highest BCUT2D eigenvalue weighted by Crippen LogP contribution is 2.36. The smallest absolute Gasteiger partial charge is 0.230 e. The topological polar surface area (TPSA) is 32.3 Å². The second kappa shape index (κ2) is 6.10. The van der Waals surface area contributed by atoms with Crippen LogP contribution in [0.4, 0.5) is 8.78 Å². The lowest BCUT2D eigenvalue weighted by molar-refractivity contribution is -0.142. The highest BCUT2D eigenvalue weighted by atomic mass is 19.2. The standard InChI is InChI=1S/C16H22F2N2O/c1-11(2)16(6-7-19-10-16)15(21)20(3)9-12-4-5-13(17)14(18)8-12/h4-5,8,11,19H,6-7,9-10H2,1-3H3. The Balaban J connectivity index is 2.13. The summed E-state index contributed by atoms with van der Waals surface area (Å²) in [5, 5.41) is 3.25. The van der Waals surface area contributed by atoms with Gasteiger partial charge in [-0.15, -0.1) is 0 Å². The van der Waals surface area contributed by atoms with Gasteiger partial charge in [-0.3, -0.25) is 4.79 Å². The molecule has 1 aromatic rings. The molecule has 116 valence electrons. The van der Waals surface area contributed by atoms with Gasteiger partial charge in [-0.05, 0) is 36.6 Å². The molecule has 1 fully saturated rings. The molecule has 1 saturated heterocycles. The van der Waals surface area contributed by atoms with Gasteiger partial charge in [-0.25, -0.2) is 8.78 Å². The SMILES string of the molecule is CC(C)C1(C(=O)N(C)Cc2ccc(F)c(F)c2)CCNC1. The van der Waals surface area contributed by atoms with Crippen LogP contribution in [0.15, 0.2) is 18.2 Å². The van der Waals surface area contributed by atoms with E-state index in [9.17, 15) is 13.6 Å². The van der Waals surface area contributed by atoms with Crippen LogP contribution in [0, 0.1) is 23.0 Å². The van der Waals surface area contributed by atoms with Crippen molar-refractivity contribution in [2.24, 2.45) is 11.3 Å². The van der Waals surface area contributed by atoms with E-state index in [1.54, 1.807) is 11.9 Å². The predicted octanol–water partition coefficient (Wildman–Crippen LogP) is 2.56. The molecule has 1 atom stereocenters. The zero-order valence-electron chi connectivity index (χ0n) is 12.7. The Bertz CT molecular complexity index is 525. The number of rotatable bonds is 4. The minimum Gasteiger partial charge on any atom is -0.341 e. The molecular weight excluding hydrogens is 274 g/mol. The van der Waals surface area contributed by atoms with E-state index >= 15 is 0 Å². The third-order valence-electron chi connectivity index (χ3n) is 4.47. The van der Waals surface area contributed by atoms with Gasteiger partial charge in [0.15, 0.2) is 11.6 Å². The van der Waals surface area contributed by atoms with Crippen LogP contribution in [0.5, 0.6) is 0 Å². The number of benzene rings is 1. The fraction of sp³-hybridized carbons (Fsp3) is 0.562. The number of carbonyl (C=O) groups is 1. The van der Waals surface area contributed by atoms with Crippen LogP contribution in [-0.4, -0.2) is 30.9 Å². The quantitative estimate of drug-likeness (QED) is 0.926. The molecule has 1 aromatic carbocycles. The number of carbonyl (C=O) groups excluding carboxylic acids is 1. The van der Waals surface area contributed by atoms with Crippen LogP contribution < -0.4 is 5.32 Å². The van der Waals surface area contributed by atoms with Crippen LogP contribution in [0.1, 0.15) is 25.8 Å². The van der Waals surface area contributed by atoms with E-state index < -0.39 is 17.0 Å². The monoisotopic (exact) mass is 296 g/mol. The molecule has 1 unspecified atom stereocenters. The van der Waals surface area contributed by atoms with Gasteiger partial charge in [0.05, 0.1) is 5.41 Å². The van der Waals surface area contributed by atoms with Gasteiger partial charge in [0, 0.05) is 20.1 Å². The lowest BCUT2D eigenvalue weighted by Crippen LogP contribution is -2.46. The van der Waals surface area contributed by atoms with Crippen LogP contribution in [0.2, 0.25) is 0 Å². The van der Waals surface area contributed by atoms with Crippen molar-refractivity contribution >= 4 is 5.91 Å². The van der Waals surface area contributed by atoms with Crippen molar-refractivity contribution < 1.29 is 13.6 Å². The number of nitrogens with one attached hydrogen (secondary N) is 1. The first-order valence-corrected chi connectivity index (χ1v) is 7.27. The highest BCUT2D eigenvalue weighted by molar-refractivity contribution is 5.83. The third kappa shape index (κ3) is 3.07. The second-order valence-corrected chi connectivity index (χ2v) is 6.15. The van der Waals surface area contributed by atoms with Crippen molar-refractivity contribution in [3.05, 3.63) is 35.4 Å². The molecule has 5 heteroatoms. The Hall–Kier alpha value is -1.49. The van der Waals surface area contributed by atoms with E-state index in [0.717, 1.165) is 25.1 Å². The van der Waals surface area contributed by atoms with Gasteiger partial charge in [0.25, 0.3) is 0 Å². The summed E-state index contributed by atoms with van der Waals surface area (Å²) < 4.78 is 26.2. The van der Waals surface area contributed by atoms with Crippen molar-refractivity contribution in [1.29, 1.82) is 0 Å². The summed E-state index contributed by atoms with van der Waals surface area (Å²) in [7, 11) is 1.71. The number of amides is 1. The Morgan fingerprint density at radius 3 is 2.62 bits per heavy atom. The van der Waals surface area contributed by atoms with Crippen molar-refractivity contribution in [3.63, 3.8) is 0 Å². The predicted molar refractivity (Wildman–Crippen MR) is 77.6 cm³/mol. The van der Waals surface area contributed by atoms with Gasteiger partial charge in [0.1, 0.15) is 0 Å². The summed E-state index contributed by atoms with van der Waals surface area (Å²) in [6.45, 7) is 5.89. The lowest BCUT2D eigenvalue weighted by Gasteiger charge is -2.35. The molecule has 0 aromatic heterocycles. The van der Waals surface area contributed by atoms with Crippen LogP contribution in [0.3, 0.4) is 0 Å². The normalized spacial score (nSPS) is 21.8. The molecule has 1 N–H and O–H groups in total. The maximum atomic E-state index is 13.2. The molecule has 0 saturated carbocycles. The maximum Gasteiger partial charge on any atom is 0.230 e. The Morgan fingerprint density at radius 1 is 1.38 bits per heavy atom. The number of nitrogens with zero attached hydrogens (tertiary/aromatic N) is 1. The average Bonchev–Trinajstić information content (AvgIpc) is 2.92. The first-order valence-electron chi connectivity index (χ1n) is 7.27. The van der Waals surface area contributed by atoms with E-state index in [1.165, 1.54) is 6.07 Å². The van der Waals surface area contributed by atoms with E-state index in [4.69, 9.17) is 0 Å². The van der Waals surface area contributed by atoms with Gasteiger partial charge in [-0.1, -0.05) is 19.9 Å². The van der Waals surface area contributed by atoms with Crippen molar-refractivity contribution in [1.82, 2.24) is 10.2 Å². The van der Waals surface area contributed by atoms with E-state index in [1.807, 2.05) is 0 Å². The van der Waals surface area contributed by atoms with Crippen LogP contribution in [0.25, 0.3) is 0 Å². The highest BCUT2D eigenvalue weighted by Gasteiger charge is 2.45. The van der Waals surface area contributed by atoms with Crippen molar-refractivity contribution in [3.8, 4) is 0 Å². The first-order chi connectivity index (χ1) is 9.86. The summed E-state index contributed by atoms with van der Waals surface area (Å²) in [4.78, 5) is 14.4. The van der Waals surface area contributed by atoms with Gasteiger partial charge < -0.3 is 10.2 Å². The summed E-state index contributed by atoms with van der Waals surface area (Å²) in [6, 6.07) is 3.75. The molecule has 1 heterocycles. The fourth-order valence-corrected chi connectivity index (χ4v) is 3.00. The van der Waals surface area contributed by atoms with Gasteiger partial charge >= 0.3 is 0 Å². The summed E-state index contributed by atoms with van der Waals surface area (Å²) >= 11 is 0. The summed E-state index contributed by atoms with van der Waals surface area (Å²) in [5.74, 6) is -1.46. The summed E-state index contributed by atoms with van der Waals surface area (Å²) in [5.41, 5.74) is 0.197.